The van der Waals surface area contributed by atoms with E-state index in [2.05, 4.69) is 40.3 Å². The number of hydrogen-bond acceptors (Lipinski definition) is 6. The Bertz CT molecular complexity index is 1140. The lowest BCUT2D eigenvalue weighted by molar-refractivity contribution is -0.190. The van der Waals surface area contributed by atoms with Gasteiger partial charge < -0.3 is 19.4 Å². The van der Waals surface area contributed by atoms with Crippen molar-refractivity contribution in [3.05, 3.63) is 51.1 Å². The van der Waals surface area contributed by atoms with E-state index in [4.69, 9.17) is 9.15 Å². The summed E-state index contributed by atoms with van der Waals surface area (Å²) in [6.45, 7) is 20.2. The Hall–Kier alpha value is -2.34. The monoisotopic (exact) mass is 528 g/mol. The van der Waals surface area contributed by atoms with Crippen LogP contribution < -0.4 is 5.63 Å². The number of aryl methyl sites for hydroxylation is 1. The van der Waals surface area contributed by atoms with Crippen LogP contribution in [-0.4, -0.2) is 28.4 Å². The number of rotatable bonds is 8. The lowest BCUT2D eigenvalue weighted by Gasteiger charge is -2.61. The van der Waals surface area contributed by atoms with E-state index in [1.54, 1.807) is 13.8 Å². The van der Waals surface area contributed by atoms with E-state index in [0.717, 1.165) is 37.7 Å². The molecule has 0 bridgehead atoms. The van der Waals surface area contributed by atoms with Crippen LogP contribution in [0.25, 0.3) is 0 Å². The van der Waals surface area contributed by atoms with Crippen LogP contribution in [0.1, 0.15) is 97.0 Å². The second kappa shape index (κ2) is 11.4. The molecule has 3 rings (SSSR count). The number of ether oxygens (including phenoxy) is 1. The molecule has 6 atom stereocenters. The highest BCUT2D eigenvalue weighted by Gasteiger charge is 2.59. The molecule has 0 saturated heterocycles. The molecular formula is C32H48O6. The van der Waals surface area contributed by atoms with Gasteiger partial charge in [0.05, 0.1) is 5.56 Å². The van der Waals surface area contributed by atoms with Gasteiger partial charge in [0.2, 0.25) is 0 Å². The number of hydrogen-bond donors (Lipinski definition) is 2. The first kappa shape index (κ1) is 30.2. The van der Waals surface area contributed by atoms with Crippen LogP contribution >= 0.6 is 0 Å². The average Bonchev–Trinajstić information content (AvgIpc) is 2.82. The number of aliphatic hydroxyl groups excluding tert-OH is 1. The highest BCUT2D eigenvalue weighted by molar-refractivity contribution is 5.74. The van der Waals surface area contributed by atoms with Crippen molar-refractivity contribution in [2.24, 2.45) is 28.6 Å². The van der Waals surface area contributed by atoms with E-state index in [-0.39, 0.29) is 40.4 Å². The van der Waals surface area contributed by atoms with E-state index in [0.29, 0.717) is 29.7 Å². The van der Waals surface area contributed by atoms with Gasteiger partial charge in [-0.15, -0.1) is 0 Å². The minimum absolute atomic E-state index is 0.0159. The van der Waals surface area contributed by atoms with Crippen LogP contribution in [0.5, 0.6) is 5.75 Å². The third-order valence-electron chi connectivity index (χ3n) is 9.75. The molecule has 212 valence electrons. The van der Waals surface area contributed by atoms with Gasteiger partial charge in [-0.2, -0.15) is 0 Å². The Balaban J connectivity index is 2.02. The quantitative estimate of drug-likeness (QED) is 0.293. The zero-order valence-electron chi connectivity index (χ0n) is 24.6. The van der Waals surface area contributed by atoms with E-state index in [1.807, 2.05) is 13.8 Å². The van der Waals surface area contributed by atoms with Gasteiger partial charge in [0.25, 0.3) is 0 Å². The fraction of sp³-hybridized carbons (Fsp3) is 0.688. The summed E-state index contributed by atoms with van der Waals surface area (Å²) in [6.07, 6.45) is 6.09. The molecule has 0 aliphatic heterocycles. The summed E-state index contributed by atoms with van der Waals surface area (Å²) in [5.74, 6) is -0.115. The van der Waals surface area contributed by atoms with Gasteiger partial charge >= 0.3 is 11.6 Å². The minimum Gasteiger partial charge on any atom is -0.507 e. The van der Waals surface area contributed by atoms with Gasteiger partial charge in [0.15, 0.2) is 6.10 Å². The van der Waals surface area contributed by atoms with Crippen LogP contribution in [-0.2, 0) is 16.0 Å². The maximum Gasteiger partial charge on any atom is 0.342 e. The molecule has 1 aromatic heterocycles. The SMILES string of the molecule is C=C1CC[C@H]2[C@](C)(CCC=C(C)C)[C@@H](OC(=O)[C@H](O)C(C)C)CC[C@]2(C)[C@@H]1Cc1c(O)c(C)c(C)oc1=O. The Morgan fingerprint density at radius 2 is 1.89 bits per heavy atom. The molecule has 38 heavy (non-hydrogen) atoms. The summed E-state index contributed by atoms with van der Waals surface area (Å²) in [7, 11) is 0. The Kier molecular flexibility index (Phi) is 9.07. The van der Waals surface area contributed by atoms with E-state index < -0.39 is 17.7 Å². The van der Waals surface area contributed by atoms with Gasteiger partial charge in [-0.05, 0) is 95.8 Å². The number of esters is 1. The number of allylic oxidation sites excluding steroid dienone is 3. The van der Waals surface area contributed by atoms with Crippen molar-refractivity contribution in [1.82, 2.24) is 0 Å². The summed E-state index contributed by atoms with van der Waals surface area (Å²) in [6, 6.07) is 0. The summed E-state index contributed by atoms with van der Waals surface area (Å²) in [5.41, 5.74) is 2.25. The second-order valence-electron chi connectivity index (χ2n) is 12.9. The van der Waals surface area contributed by atoms with E-state index >= 15 is 0 Å². The molecule has 6 heteroatoms. The largest absolute Gasteiger partial charge is 0.507 e. The predicted molar refractivity (Wildman–Crippen MR) is 150 cm³/mol. The van der Waals surface area contributed by atoms with E-state index in [1.165, 1.54) is 5.57 Å². The van der Waals surface area contributed by atoms with Gasteiger partial charge in [-0.3, -0.25) is 0 Å². The van der Waals surface area contributed by atoms with Crippen molar-refractivity contribution in [2.45, 2.75) is 113 Å². The average molecular weight is 529 g/mol. The molecule has 2 saturated carbocycles. The van der Waals surface area contributed by atoms with Gasteiger partial charge in [-0.1, -0.05) is 51.5 Å². The Morgan fingerprint density at radius 1 is 1.24 bits per heavy atom. The first-order valence-corrected chi connectivity index (χ1v) is 14.1. The summed E-state index contributed by atoms with van der Waals surface area (Å²) < 4.78 is 11.5. The molecule has 1 aromatic rings. The van der Waals surface area contributed by atoms with E-state index in [9.17, 15) is 19.8 Å². The van der Waals surface area contributed by atoms with Crippen LogP contribution in [0.3, 0.4) is 0 Å². The van der Waals surface area contributed by atoms with Crippen molar-refractivity contribution < 1.29 is 24.2 Å². The van der Waals surface area contributed by atoms with Crippen molar-refractivity contribution >= 4 is 5.97 Å². The van der Waals surface area contributed by atoms with Crippen molar-refractivity contribution in [3.8, 4) is 5.75 Å². The first-order chi connectivity index (χ1) is 17.6. The maximum atomic E-state index is 12.9. The second-order valence-corrected chi connectivity index (χ2v) is 12.9. The molecule has 2 fully saturated rings. The number of aromatic hydroxyl groups is 1. The van der Waals surface area contributed by atoms with Crippen molar-refractivity contribution in [1.29, 1.82) is 0 Å². The molecule has 6 nitrogen and oxygen atoms in total. The molecule has 2 aliphatic carbocycles. The molecule has 0 amide bonds. The van der Waals surface area contributed by atoms with Crippen LogP contribution in [0.2, 0.25) is 0 Å². The fourth-order valence-electron chi connectivity index (χ4n) is 7.18. The zero-order valence-corrected chi connectivity index (χ0v) is 24.6. The summed E-state index contributed by atoms with van der Waals surface area (Å²) >= 11 is 0. The molecule has 0 radical (unpaired) electrons. The first-order valence-electron chi connectivity index (χ1n) is 14.1. The zero-order chi connectivity index (χ0) is 28.6. The van der Waals surface area contributed by atoms with Gasteiger partial charge in [0.1, 0.15) is 17.6 Å². The molecular weight excluding hydrogens is 480 g/mol. The smallest absolute Gasteiger partial charge is 0.342 e. The number of carbonyl (C=O) groups is 1. The number of aliphatic hydroxyl groups is 1. The topological polar surface area (TPSA) is 97.0 Å². The Labute approximate surface area is 228 Å². The number of fused-ring (bicyclic) bond motifs is 1. The third kappa shape index (κ3) is 5.66. The highest BCUT2D eigenvalue weighted by Crippen LogP contribution is 2.63. The summed E-state index contributed by atoms with van der Waals surface area (Å²) in [4.78, 5) is 25.7. The lowest BCUT2D eigenvalue weighted by Crippen LogP contribution is -2.57. The maximum absolute atomic E-state index is 12.9. The molecule has 2 aliphatic rings. The minimum atomic E-state index is -1.14. The molecule has 0 spiro atoms. The lowest BCUT2D eigenvalue weighted by atomic mass is 9.45. The number of carbonyl (C=O) groups excluding carboxylic acids is 1. The van der Waals surface area contributed by atoms with Crippen molar-refractivity contribution in [2.75, 3.05) is 0 Å². The predicted octanol–water partition coefficient (Wildman–Crippen LogP) is 6.57. The van der Waals surface area contributed by atoms with Crippen LogP contribution in [0.15, 0.2) is 33.0 Å². The third-order valence-corrected chi connectivity index (χ3v) is 9.75. The summed E-state index contributed by atoms with van der Waals surface area (Å²) in [5, 5.41) is 21.3. The van der Waals surface area contributed by atoms with Crippen LogP contribution in [0.4, 0.5) is 0 Å². The molecule has 0 unspecified atom stereocenters. The van der Waals surface area contributed by atoms with Crippen molar-refractivity contribution in [3.63, 3.8) is 0 Å². The normalized spacial score (nSPS) is 30.1. The van der Waals surface area contributed by atoms with Gasteiger partial charge in [-0.25, -0.2) is 9.59 Å². The highest BCUT2D eigenvalue weighted by atomic mass is 16.6. The molecule has 1 heterocycles. The Morgan fingerprint density at radius 3 is 2.50 bits per heavy atom. The molecule has 0 aromatic carbocycles. The fourth-order valence-corrected chi connectivity index (χ4v) is 7.18. The van der Waals surface area contributed by atoms with Gasteiger partial charge in [0, 0.05) is 11.0 Å². The standard InChI is InChI=1S/C32H48O6/c1-18(2)11-10-15-32(9)25-13-12-20(5)24(17-23-28(34)21(6)22(7)37-29(23)35)31(25,8)16-14-26(32)38-30(36)27(33)19(3)4/h11,19,24-27,33-34H,5,10,12-17H2,1-4,6-9H3/t24-,25-,26+,27-,31-,32+/m1/s1. The molecule has 2 N–H and O–H groups in total. The van der Waals surface area contributed by atoms with Crippen LogP contribution in [0, 0.1) is 42.4 Å².